The summed E-state index contributed by atoms with van der Waals surface area (Å²) < 4.78 is 26.8. The number of hydrogen-bond acceptors (Lipinski definition) is 4. The Bertz CT molecular complexity index is 438. The van der Waals surface area contributed by atoms with Gasteiger partial charge in [0.1, 0.15) is 4.21 Å². The molecule has 6 heteroatoms. The van der Waals surface area contributed by atoms with Crippen molar-refractivity contribution in [2.24, 2.45) is 5.92 Å². The summed E-state index contributed by atoms with van der Waals surface area (Å²) in [6.45, 7) is 5.35. The SMILES string of the molecule is CNCc1ccc(S(=O)(=O)NCCC(C)C)s1. The van der Waals surface area contributed by atoms with E-state index in [1.54, 1.807) is 6.07 Å². The molecule has 0 aliphatic heterocycles. The van der Waals surface area contributed by atoms with E-state index >= 15 is 0 Å². The summed E-state index contributed by atoms with van der Waals surface area (Å²) in [7, 11) is -1.47. The zero-order chi connectivity index (χ0) is 12.9. The summed E-state index contributed by atoms with van der Waals surface area (Å²) in [6.07, 6.45) is 0.855. The standard InChI is InChI=1S/C11H20N2O2S2/c1-9(2)6-7-13-17(14,15)11-5-4-10(16-11)8-12-3/h4-5,9,12-13H,6-8H2,1-3H3. The van der Waals surface area contributed by atoms with Gasteiger partial charge < -0.3 is 5.32 Å². The second-order valence-electron chi connectivity index (χ2n) is 4.33. The molecule has 0 spiro atoms. The Morgan fingerprint density at radius 2 is 2.06 bits per heavy atom. The van der Waals surface area contributed by atoms with E-state index in [1.165, 1.54) is 11.3 Å². The lowest BCUT2D eigenvalue weighted by Crippen LogP contribution is -2.24. The van der Waals surface area contributed by atoms with Gasteiger partial charge in [0.15, 0.2) is 0 Å². The Balaban J connectivity index is 2.62. The van der Waals surface area contributed by atoms with Gasteiger partial charge >= 0.3 is 0 Å². The van der Waals surface area contributed by atoms with E-state index in [1.807, 2.05) is 13.1 Å². The van der Waals surface area contributed by atoms with Gasteiger partial charge in [-0.05, 0) is 31.5 Å². The zero-order valence-electron chi connectivity index (χ0n) is 10.5. The van der Waals surface area contributed by atoms with Gasteiger partial charge in [0.05, 0.1) is 0 Å². The molecule has 0 bridgehead atoms. The lowest BCUT2D eigenvalue weighted by Gasteiger charge is -2.06. The maximum absolute atomic E-state index is 11.9. The summed E-state index contributed by atoms with van der Waals surface area (Å²) in [6, 6.07) is 3.51. The van der Waals surface area contributed by atoms with Gasteiger partial charge in [0, 0.05) is 18.0 Å². The van der Waals surface area contributed by atoms with E-state index in [2.05, 4.69) is 23.9 Å². The van der Waals surface area contributed by atoms with E-state index in [0.29, 0.717) is 23.2 Å². The van der Waals surface area contributed by atoms with Gasteiger partial charge in [-0.2, -0.15) is 0 Å². The molecule has 98 valence electrons. The number of rotatable bonds is 7. The molecule has 0 amide bonds. The van der Waals surface area contributed by atoms with E-state index in [9.17, 15) is 8.42 Å². The summed E-state index contributed by atoms with van der Waals surface area (Å²) in [5.41, 5.74) is 0. The van der Waals surface area contributed by atoms with Gasteiger partial charge in [-0.3, -0.25) is 0 Å². The van der Waals surface area contributed by atoms with Crippen LogP contribution in [0.25, 0.3) is 0 Å². The molecule has 0 saturated heterocycles. The summed E-state index contributed by atoms with van der Waals surface area (Å²) >= 11 is 1.31. The molecule has 0 saturated carbocycles. The Hall–Kier alpha value is -0.430. The van der Waals surface area contributed by atoms with Crippen molar-refractivity contribution in [1.29, 1.82) is 0 Å². The van der Waals surface area contributed by atoms with Crippen LogP contribution in [0.4, 0.5) is 0 Å². The summed E-state index contributed by atoms with van der Waals surface area (Å²) in [5, 5.41) is 3.00. The lowest BCUT2D eigenvalue weighted by atomic mass is 10.1. The molecule has 0 aliphatic rings. The normalized spacial score (nSPS) is 12.2. The molecule has 0 fully saturated rings. The first kappa shape index (κ1) is 14.6. The molecule has 0 aromatic carbocycles. The molecular weight excluding hydrogens is 256 g/mol. The first-order valence-electron chi connectivity index (χ1n) is 5.68. The summed E-state index contributed by atoms with van der Waals surface area (Å²) in [5.74, 6) is 0.501. The van der Waals surface area contributed by atoms with Crippen LogP contribution < -0.4 is 10.0 Å². The monoisotopic (exact) mass is 276 g/mol. The Morgan fingerprint density at radius 3 is 2.65 bits per heavy atom. The van der Waals surface area contributed by atoms with E-state index < -0.39 is 10.0 Å². The van der Waals surface area contributed by atoms with Gasteiger partial charge in [-0.1, -0.05) is 13.8 Å². The molecule has 0 unspecified atom stereocenters. The zero-order valence-corrected chi connectivity index (χ0v) is 12.1. The second kappa shape index (κ2) is 6.49. The van der Waals surface area contributed by atoms with Crippen LogP contribution in [0.3, 0.4) is 0 Å². The summed E-state index contributed by atoms with van der Waals surface area (Å²) in [4.78, 5) is 1.02. The highest BCUT2D eigenvalue weighted by molar-refractivity contribution is 7.91. The minimum absolute atomic E-state index is 0.395. The molecule has 2 N–H and O–H groups in total. The predicted octanol–water partition coefficient (Wildman–Crippen LogP) is 1.79. The molecule has 0 atom stereocenters. The maximum Gasteiger partial charge on any atom is 0.250 e. The molecule has 1 heterocycles. The van der Waals surface area contributed by atoms with Crippen LogP contribution in [0.1, 0.15) is 25.1 Å². The van der Waals surface area contributed by atoms with Crippen LogP contribution >= 0.6 is 11.3 Å². The fourth-order valence-corrected chi connectivity index (χ4v) is 3.78. The minimum atomic E-state index is -3.31. The van der Waals surface area contributed by atoms with E-state index in [4.69, 9.17) is 0 Å². The highest BCUT2D eigenvalue weighted by Gasteiger charge is 2.16. The molecule has 17 heavy (non-hydrogen) atoms. The van der Waals surface area contributed by atoms with E-state index in [0.717, 1.165) is 11.3 Å². The molecule has 0 radical (unpaired) electrons. The minimum Gasteiger partial charge on any atom is -0.315 e. The van der Waals surface area contributed by atoms with Crippen molar-refractivity contribution in [3.8, 4) is 0 Å². The van der Waals surface area contributed by atoms with Crippen molar-refractivity contribution in [2.45, 2.75) is 31.0 Å². The topological polar surface area (TPSA) is 58.2 Å². The first-order chi connectivity index (χ1) is 7.95. The van der Waals surface area contributed by atoms with Crippen molar-refractivity contribution < 1.29 is 8.42 Å². The fourth-order valence-electron chi connectivity index (χ4n) is 1.33. The largest absolute Gasteiger partial charge is 0.315 e. The number of nitrogens with one attached hydrogen (secondary N) is 2. The highest BCUT2D eigenvalue weighted by Crippen LogP contribution is 2.21. The molecule has 0 aliphatic carbocycles. The highest BCUT2D eigenvalue weighted by atomic mass is 32.2. The van der Waals surface area contributed by atoms with Gasteiger partial charge in [-0.25, -0.2) is 13.1 Å². The quantitative estimate of drug-likeness (QED) is 0.798. The molecule has 4 nitrogen and oxygen atoms in total. The van der Waals surface area contributed by atoms with Gasteiger partial charge in [0.25, 0.3) is 0 Å². The number of sulfonamides is 1. The third-order valence-electron chi connectivity index (χ3n) is 2.27. The van der Waals surface area contributed by atoms with E-state index in [-0.39, 0.29) is 0 Å². The second-order valence-corrected chi connectivity index (χ2v) is 7.49. The van der Waals surface area contributed by atoms with Crippen molar-refractivity contribution >= 4 is 21.4 Å². The molecule has 1 aromatic rings. The van der Waals surface area contributed by atoms with Crippen LogP contribution in [0.15, 0.2) is 16.3 Å². The number of hydrogen-bond donors (Lipinski definition) is 2. The third-order valence-corrected chi connectivity index (χ3v) is 5.30. The smallest absolute Gasteiger partial charge is 0.250 e. The Morgan fingerprint density at radius 1 is 1.35 bits per heavy atom. The molecular formula is C11H20N2O2S2. The third kappa shape index (κ3) is 4.75. The van der Waals surface area contributed by atoms with Crippen LogP contribution in [0, 0.1) is 5.92 Å². The number of thiophene rings is 1. The molecule has 1 rings (SSSR count). The average Bonchev–Trinajstić information content (AvgIpc) is 2.66. The van der Waals surface area contributed by atoms with Crippen molar-refractivity contribution in [3.05, 3.63) is 17.0 Å². The van der Waals surface area contributed by atoms with Crippen LogP contribution in [0.5, 0.6) is 0 Å². The van der Waals surface area contributed by atoms with Crippen molar-refractivity contribution in [1.82, 2.24) is 10.0 Å². The first-order valence-corrected chi connectivity index (χ1v) is 7.98. The lowest BCUT2D eigenvalue weighted by molar-refractivity contribution is 0.553. The van der Waals surface area contributed by atoms with Gasteiger partial charge in [-0.15, -0.1) is 11.3 Å². The molecule has 1 aromatic heterocycles. The van der Waals surface area contributed by atoms with Crippen molar-refractivity contribution in [3.63, 3.8) is 0 Å². The maximum atomic E-state index is 11.9. The fraction of sp³-hybridized carbons (Fsp3) is 0.636. The predicted molar refractivity (Wildman–Crippen MR) is 71.7 cm³/mol. The Kier molecular flexibility index (Phi) is 5.58. The van der Waals surface area contributed by atoms with Crippen LogP contribution in [-0.2, 0) is 16.6 Å². The van der Waals surface area contributed by atoms with Crippen LogP contribution in [0.2, 0.25) is 0 Å². The van der Waals surface area contributed by atoms with Crippen LogP contribution in [-0.4, -0.2) is 22.0 Å². The van der Waals surface area contributed by atoms with Crippen molar-refractivity contribution in [2.75, 3.05) is 13.6 Å². The average molecular weight is 276 g/mol. The van der Waals surface area contributed by atoms with Gasteiger partial charge in [0.2, 0.25) is 10.0 Å². The Labute approximate surface area is 107 Å².